The van der Waals surface area contributed by atoms with Gasteiger partial charge in [0.25, 0.3) is 0 Å². The number of ether oxygens (including phenoxy) is 1. The zero-order valence-corrected chi connectivity index (χ0v) is 12.1. The summed E-state index contributed by atoms with van der Waals surface area (Å²) < 4.78 is 5.54. The van der Waals surface area contributed by atoms with E-state index in [0.717, 1.165) is 18.2 Å². The molecule has 5 nitrogen and oxygen atoms in total. The summed E-state index contributed by atoms with van der Waals surface area (Å²) in [6, 6.07) is 4.99. The lowest BCUT2D eigenvalue weighted by Gasteiger charge is -2.14. The highest BCUT2D eigenvalue weighted by Crippen LogP contribution is 2.31. The molecule has 1 fully saturated rings. The molecule has 20 heavy (non-hydrogen) atoms. The summed E-state index contributed by atoms with van der Waals surface area (Å²) in [6.07, 6.45) is 5.09. The Labute approximate surface area is 119 Å². The predicted molar refractivity (Wildman–Crippen MR) is 79.3 cm³/mol. The normalized spacial score (nSPS) is 15.6. The van der Waals surface area contributed by atoms with E-state index in [0.29, 0.717) is 5.75 Å². The summed E-state index contributed by atoms with van der Waals surface area (Å²) in [5.41, 5.74) is 0.906. The number of nitro benzene ring substituents is 1. The minimum Gasteiger partial charge on any atom is -0.484 e. The minimum atomic E-state index is -0.404. The Bertz CT molecular complexity index is 468. The Kier molecular flexibility index (Phi) is 4.82. The molecule has 110 valence electrons. The molecule has 1 N–H and O–H groups in total. The molecule has 0 bridgehead atoms. The first kappa shape index (κ1) is 14.6. The highest BCUT2D eigenvalue weighted by atomic mass is 16.6. The van der Waals surface area contributed by atoms with Crippen LogP contribution in [0.3, 0.4) is 0 Å². The van der Waals surface area contributed by atoms with Gasteiger partial charge in [-0.1, -0.05) is 12.8 Å². The Balaban J connectivity index is 2.07. The van der Waals surface area contributed by atoms with Crippen LogP contribution in [-0.4, -0.2) is 17.6 Å². The van der Waals surface area contributed by atoms with E-state index in [9.17, 15) is 10.1 Å². The summed E-state index contributed by atoms with van der Waals surface area (Å²) in [6.45, 7) is 4.66. The Morgan fingerprint density at radius 3 is 2.70 bits per heavy atom. The predicted octanol–water partition coefficient (Wildman–Crippen LogP) is 3.98. The largest absolute Gasteiger partial charge is 0.484 e. The molecule has 0 atom stereocenters. The first-order valence-electron chi connectivity index (χ1n) is 7.25. The molecule has 1 aromatic rings. The molecule has 0 spiro atoms. The summed E-state index contributed by atoms with van der Waals surface area (Å²) in [4.78, 5) is 10.6. The number of nitro groups is 1. The lowest BCUT2D eigenvalue weighted by Crippen LogP contribution is -2.12. The molecule has 0 aliphatic heterocycles. The fraction of sp³-hybridized carbons (Fsp3) is 0.600. The summed E-state index contributed by atoms with van der Waals surface area (Å²) in [5, 5.41) is 14.4. The van der Waals surface area contributed by atoms with E-state index in [2.05, 4.69) is 5.32 Å². The Morgan fingerprint density at radius 2 is 2.10 bits per heavy atom. The number of benzene rings is 1. The lowest BCUT2D eigenvalue weighted by molar-refractivity contribution is -0.386. The van der Waals surface area contributed by atoms with Crippen molar-refractivity contribution in [3.8, 4) is 5.75 Å². The zero-order valence-electron chi connectivity index (χ0n) is 12.1. The fourth-order valence-electron chi connectivity index (χ4n) is 2.60. The molecule has 1 aliphatic rings. The first-order chi connectivity index (χ1) is 9.56. The summed E-state index contributed by atoms with van der Waals surface area (Å²) >= 11 is 0. The van der Waals surface area contributed by atoms with E-state index in [4.69, 9.17) is 4.74 Å². The van der Waals surface area contributed by atoms with Crippen LogP contribution >= 0.6 is 0 Å². The van der Waals surface area contributed by atoms with Crippen LogP contribution in [-0.2, 0) is 0 Å². The second-order valence-corrected chi connectivity index (χ2v) is 5.64. The maximum Gasteiger partial charge on any atom is 0.311 e. The Morgan fingerprint density at radius 1 is 1.40 bits per heavy atom. The third kappa shape index (κ3) is 3.85. The van der Waals surface area contributed by atoms with E-state index in [1.807, 2.05) is 13.8 Å². The lowest BCUT2D eigenvalue weighted by atomic mass is 10.1. The topological polar surface area (TPSA) is 64.4 Å². The van der Waals surface area contributed by atoms with Crippen LogP contribution in [0.15, 0.2) is 18.2 Å². The van der Waals surface area contributed by atoms with Gasteiger partial charge in [-0.2, -0.15) is 0 Å². The van der Waals surface area contributed by atoms with Gasteiger partial charge in [0.2, 0.25) is 0 Å². The highest BCUT2D eigenvalue weighted by molar-refractivity contribution is 5.58. The summed E-state index contributed by atoms with van der Waals surface area (Å²) in [5.74, 6) is 1.06. The standard InChI is InChI=1S/C15H22N2O3/c1-11(2)20-15-9-13(7-8-14(15)17(18)19)16-10-12-5-3-4-6-12/h7-9,11-12,16H,3-6,10H2,1-2H3. The number of anilines is 1. The van der Waals surface area contributed by atoms with Crippen LogP contribution in [0.2, 0.25) is 0 Å². The van der Waals surface area contributed by atoms with E-state index >= 15 is 0 Å². The molecule has 0 heterocycles. The van der Waals surface area contributed by atoms with Gasteiger partial charge < -0.3 is 10.1 Å². The average molecular weight is 278 g/mol. The van der Waals surface area contributed by atoms with Gasteiger partial charge in [-0.3, -0.25) is 10.1 Å². The van der Waals surface area contributed by atoms with Gasteiger partial charge in [0.15, 0.2) is 5.75 Å². The first-order valence-corrected chi connectivity index (χ1v) is 7.25. The van der Waals surface area contributed by atoms with Gasteiger partial charge in [-0.05, 0) is 38.7 Å². The highest BCUT2D eigenvalue weighted by Gasteiger charge is 2.18. The molecule has 0 amide bonds. The molecule has 0 unspecified atom stereocenters. The van der Waals surface area contributed by atoms with Gasteiger partial charge in [-0.25, -0.2) is 0 Å². The third-order valence-corrected chi connectivity index (χ3v) is 3.59. The molecule has 0 saturated heterocycles. The fourth-order valence-corrected chi connectivity index (χ4v) is 2.60. The Hall–Kier alpha value is -1.78. The average Bonchev–Trinajstić information content (AvgIpc) is 2.88. The number of hydrogen-bond donors (Lipinski definition) is 1. The second kappa shape index (κ2) is 6.59. The van der Waals surface area contributed by atoms with E-state index in [-0.39, 0.29) is 11.8 Å². The van der Waals surface area contributed by atoms with Crippen LogP contribution in [0, 0.1) is 16.0 Å². The number of rotatable bonds is 6. The molecule has 2 rings (SSSR count). The molecule has 0 aromatic heterocycles. The monoisotopic (exact) mass is 278 g/mol. The van der Waals surface area contributed by atoms with Crippen molar-refractivity contribution in [3.05, 3.63) is 28.3 Å². The van der Waals surface area contributed by atoms with Crippen LogP contribution in [0.5, 0.6) is 5.75 Å². The molecule has 1 aromatic carbocycles. The van der Waals surface area contributed by atoms with Crippen molar-refractivity contribution in [1.82, 2.24) is 0 Å². The van der Waals surface area contributed by atoms with E-state index < -0.39 is 4.92 Å². The number of hydrogen-bond acceptors (Lipinski definition) is 4. The second-order valence-electron chi connectivity index (χ2n) is 5.64. The van der Waals surface area contributed by atoms with Crippen molar-refractivity contribution in [3.63, 3.8) is 0 Å². The molecular formula is C15H22N2O3. The van der Waals surface area contributed by atoms with E-state index in [1.165, 1.54) is 31.7 Å². The van der Waals surface area contributed by atoms with Crippen LogP contribution < -0.4 is 10.1 Å². The maximum absolute atomic E-state index is 11.0. The van der Waals surface area contributed by atoms with Crippen molar-refractivity contribution in [1.29, 1.82) is 0 Å². The van der Waals surface area contributed by atoms with Gasteiger partial charge in [0.05, 0.1) is 11.0 Å². The van der Waals surface area contributed by atoms with Gasteiger partial charge in [-0.15, -0.1) is 0 Å². The van der Waals surface area contributed by atoms with Crippen molar-refractivity contribution in [2.45, 2.75) is 45.6 Å². The third-order valence-electron chi connectivity index (χ3n) is 3.59. The molecule has 5 heteroatoms. The molecule has 1 saturated carbocycles. The van der Waals surface area contributed by atoms with E-state index in [1.54, 1.807) is 12.1 Å². The van der Waals surface area contributed by atoms with Crippen LogP contribution in [0.1, 0.15) is 39.5 Å². The minimum absolute atomic E-state index is 0.0186. The van der Waals surface area contributed by atoms with Crippen molar-refractivity contribution < 1.29 is 9.66 Å². The maximum atomic E-state index is 11.0. The van der Waals surface area contributed by atoms with Crippen molar-refractivity contribution in [2.75, 3.05) is 11.9 Å². The van der Waals surface area contributed by atoms with Gasteiger partial charge in [0.1, 0.15) is 0 Å². The van der Waals surface area contributed by atoms with Crippen LogP contribution in [0.25, 0.3) is 0 Å². The SMILES string of the molecule is CC(C)Oc1cc(NCC2CCCC2)ccc1[N+](=O)[O-]. The zero-order chi connectivity index (χ0) is 14.5. The smallest absolute Gasteiger partial charge is 0.311 e. The van der Waals surface area contributed by atoms with Crippen LogP contribution in [0.4, 0.5) is 11.4 Å². The molecule has 1 aliphatic carbocycles. The van der Waals surface area contributed by atoms with Gasteiger partial charge >= 0.3 is 5.69 Å². The summed E-state index contributed by atoms with van der Waals surface area (Å²) in [7, 11) is 0. The molecular weight excluding hydrogens is 256 g/mol. The van der Waals surface area contributed by atoms with Crippen molar-refractivity contribution >= 4 is 11.4 Å². The number of nitrogens with one attached hydrogen (secondary N) is 1. The quantitative estimate of drug-likeness (QED) is 0.631. The molecule has 0 radical (unpaired) electrons. The number of nitrogens with zero attached hydrogens (tertiary/aromatic N) is 1. The van der Waals surface area contributed by atoms with Gasteiger partial charge in [0, 0.05) is 24.4 Å². The van der Waals surface area contributed by atoms with Crippen molar-refractivity contribution in [2.24, 2.45) is 5.92 Å².